The molecule has 0 saturated heterocycles. The number of amides is 1. The lowest BCUT2D eigenvalue weighted by Crippen LogP contribution is -2.34. The maximum absolute atomic E-state index is 11.7. The van der Waals surface area contributed by atoms with Crippen molar-refractivity contribution in [3.63, 3.8) is 0 Å². The summed E-state index contributed by atoms with van der Waals surface area (Å²) < 4.78 is 0. The number of benzene rings is 1. The molecule has 1 aromatic rings. The minimum absolute atomic E-state index is 0.0225. The molecule has 0 saturated carbocycles. The van der Waals surface area contributed by atoms with Crippen LogP contribution < -0.4 is 0 Å². The molecule has 0 spiro atoms. The largest absolute Gasteiger partial charge is 0.504 e. The Hall–Kier alpha value is -1.97. The summed E-state index contributed by atoms with van der Waals surface area (Å²) >= 11 is 0. The molecule has 0 fully saturated rings. The number of phenolic OH excluding ortho intramolecular Hbond substituents is 2. The van der Waals surface area contributed by atoms with Crippen molar-refractivity contribution in [2.45, 2.75) is 19.9 Å². The van der Waals surface area contributed by atoms with E-state index in [1.165, 1.54) is 12.1 Å². The molecule has 0 bridgehead atoms. The summed E-state index contributed by atoms with van der Waals surface area (Å²) in [5.41, 5.74) is 1.88. The van der Waals surface area contributed by atoms with Crippen LogP contribution in [0.2, 0.25) is 0 Å². The molecule has 90 valence electrons. The van der Waals surface area contributed by atoms with Gasteiger partial charge in [-0.3, -0.25) is 4.79 Å². The van der Waals surface area contributed by atoms with Gasteiger partial charge in [-0.05, 0) is 42.7 Å². The summed E-state index contributed by atoms with van der Waals surface area (Å²) in [6, 6.07) is 3.10. The normalized spacial score (nSPS) is 15.0. The van der Waals surface area contributed by atoms with Gasteiger partial charge in [-0.2, -0.15) is 0 Å². The predicted molar refractivity (Wildman–Crippen MR) is 63.7 cm³/mol. The molecular weight excluding hydrogens is 218 g/mol. The third kappa shape index (κ3) is 2.25. The van der Waals surface area contributed by atoms with Crippen molar-refractivity contribution in [1.29, 1.82) is 0 Å². The van der Waals surface area contributed by atoms with Crippen LogP contribution in [0.3, 0.4) is 0 Å². The van der Waals surface area contributed by atoms with Crippen LogP contribution in [-0.2, 0) is 17.8 Å². The highest BCUT2D eigenvalue weighted by Crippen LogP contribution is 2.31. The maximum atomic E-state index is 11.7. The number of nitrogens with zero attached hydrogens (tertiary/aromatic N) is 1. The average molecular weight is 233 g/mol. The Morgan fingerprint density at radius 3 is 2.59 bits per heavy atom. The Kier molecular flexibility index (Phi) is 3.04. The van der Waals surface area contributed by atoms with Gasteiger partial charge in [0.25, 0.3) is 0 Å². The average Bonchev–Trinajstić information content (AvgIpc) is 2.30. The number of aromatic hydroxyl groups is 2. The van der Waals surface area contributed by atoms with E-state index in [0.29, 0.717) is 19.5 Å². The summed E-state index contributed by atoms with van der Waals surface area (Å²) in [7, 11) is 0. The zero-order valence-corrected chi connectivity index (χ0v) is 9.68. The quantitative estimate of drug-likeness (QED) is 0.571. The van der Waals surface area contributed by atoms with Crippen molar-refractivity contribution in [3.05, 3.63) is 35.4 Å². The van der Waals surface area contributed by atoms with Gasteiger partial charge >= 0.3 is 0 Å². The lowest BCUT2D eigenvalue weighted by Gasteiger charge is -2.28. The number of fused-ring (bicyclic) bond motifs is 1. The monoisotopic (exact) mass is 233 g/mol. The number of phenols is 2. The van der Waals surface area contributed by atoms with E-state index < -0.39 is 0 Å². The highest BCUT2D eigenvalue weighted by atomic mass is 16.3. The number of carbonyl (C=O) groups excluding carboxylic acids is 1. The Morgan fingerprint density at radius 1 is 1.29 bits per heavy atom. The van der Waals surface area contributed by atoms with Crippen LogP contribution in [0.25, 0.3) is 0 Å². The Morgan fingerprint density at radius 2 is 1.94 bits per heavy atom. The molecular formula is C13H15NO3. The first-order chi connectivity index (χ1) is 8.11. The minimum Gasteiger partial charge on any atom is -0.504 e. The molecule has 1 heterocycles. The first-order valence-electron chi connectivity index (χ1n) is 5.57. The van der Waals surface area contributed by atoms with Gasteiger partial charge in [0.2, 0.25) is 5.91 Å². The van der Waals surface area contributed by atoms with Crippen LogP contribution in [0.1, 0.15) is 18.1 Å². The van der Waals surface area contributed by atoms with Gasteiger partial charge in [-0.15, -0.1) is 0 Å². The van der Waals surface area contributed by atoms with E-state index in [1.54, 1.807) is 24.0 Å². The van der Waals surface area contributed by atoms with Gasteiger partial charge < -0.3 is 15.1 Å². The summed E-state index contributed by atoms with van der Waals surface area (Å²) in [4.78, 5) is 13.4. The predicted octanol–water partition coefficient (Wildman–Crippen LogP) is 1.56. The van der Waals surface area contributed by atoms with E-state index in [2.05, 4.69) is 0 Å². The molecule has 2 rings (SSSR count). The van der Waals surface area contributed by atoms with E-state index in [4.69, 9.17) is 0 Å². The van der Waals surface area contributed by atoms with E-state index in [-0.39, 0.29) is 17.4 Å². The Balaban J connectivity index is 2.24. The van der Waals surface area contributed by atoms with E-state index in [1.807, 2.05) is 0 Å². The smallest absolute Gasteiger partial charge is 0.246 e. The standard InChI is InChI=1S/C13H15NO3/c1-2-3-13(17)14-5-4-9-6-11(15)12(16)7-10(9)8-14/h2-3,6-7,15-16H,4-5,8H2,1H3/b3-2+. The van der Waals surface area contributed by atoms with Crippen LogP contribution in [0, 0.1) is 0 Å². The third-order valence-corrected chi connectivity index (χ3v) is 2.93. The van der Waals surface area contributed by atoms with Crippen molar-refractivity contribution in [2.24, 2.45) is 0 Å². The molecule has 1 aromatic carbocycles. The third-order valence-electron chi connectivity index (χ3n) is 2.93. The van der Waals surface area contributed by atoms with Gasteiger partial charge in [0.15, 0.2) is 11.5 Å². The molecule has 1 aliphatic rings. The lowest BCUT2D eigenvalue weighted by molar-refractivity contribution is -0.126. The highest BCUT2D eigenvalue weighted by Gasteiger charge is 2.20. The van der Waals surface area contributed by atoms with E-state index in [0.717, 1.165) is 11.1 Å². The summed E-state index contributed by atoms with van der Waals surface area (Å²) in [6.07, 6.45) is 3.95. The van der Waals surface area contributed by atoms with Crippen molar-refractivity contribution >= 4 is 5.91 Å². The molecule has 4 nitrogen and oxygen atoms in total. The minimum atomic E-state index is -0.135. The molecule has 17 heavy (non-hydrogen) atoms. The van der Waals surface area contributed by atoms with Gasteiger partial charge in [0.1, 0.15) is 0 Å². The van der Waals surface area contributed by atoms with Crippen molar-refractivity contribution < 1.29 is 15.0 Å². The first kappa shape index (κ1) is 11.5. The number of carbonyl (C=O) groups is 1. The van der Waals surface area contributed by atoms with E-state index in [9.17, 15) is 15.0 Å². The maximum Gasteiger partial charge on any atom is 0.246 e. The number of allylic oxidation sites excluding steroid dienone is 1. The highest BCUT2D eigenvalue weighted by molar-refractivity contribution is 5.87. The van der Waals surface area contributed by atoms with E-state index >= 15 is 0 Å². The van der Waals surface area contributed by atoms with Gasteiger partial charge in [0, 0.05) is 13.1 Å². The Labute approximate surface area is 99.8 Å². The zero-order valence-electron chi connectivity index (χ0n) is 9.68. The van der Waals surface area contributed by atoms with Crippen molar-refractivity contribution in [3.8, 4) is 11.5 Å². The van der Waals surface area contributed by atoms with Crippen LogP contribution in [-0.4, -0.2) is 27.6 Å². The van der Waals surface area contributed by atoms with Crippen LogP contribution in [0.5, 0.6) is 11.5 Å². The van der Waals surface area contributed by atoms with Gasteiger partial charge in [-0.25, -0.2) is 0 Å². The summed E-state index contributed by atoms with van der Waals surface area (Å²) in [5.74, 6) is -0.258. The summed E-state index contributed by atoms with van der Waals surface area (Å²) in [6.45, 7) is 2.92. The molecule has 0 aromatic heterocycles. The molecule has 0 radical (unpaired) electrons. The van der Waals surface area contributed by atoms with Gasteiger partial charge in [-0.1, -0.05) is 6.08 Å². The fourth-order valence-electron chi connectivity index (χ4n) is 2.02. The zero-order chi connectivity index (χ0) is 12.4. The van der Waals surface area contributed by atoms with Crippen LogP contribution in [0.15, 0.2) is 24.3 Å². The van der Waals surface area contributed by atoms with Crippen molar-refractivity contribution in [1.82, 2.24) is 4.90 Å². The fraction of sp³-hybridized carbons (Fsp3) is 0.308. The number of hydrogen-bond acceptors (Lipinski definition) is 3. The molecule has 1 aliphatic heterocycles. The molecule has 4 heteroatoms. The molecule has 0 atom stereocenters. The fourth-order valence-corrected chi connectivity index (χ4v) is 2.02. The van der Waals surface area contributed by atoms with Gasteiger partial charge in [0.05, 0.1) is 0 Å². The first-order valence-corrected chi connectivity index (χ1v) is 5.57. The second-order valence-electron chi connectivity index (χ2n) is 4.12. The topological polar surface area (TPSA) is 60.8 Å². The van der Waals surface area contributed by atoms with Crippen molar-refractivity contribution in [2.75, 3.05) is 6.54 Å². The number of rotatable bonds is 1. The second-order valence-corrected chi connectivity index (χ2v) is 4.12. The summed E-state index contributed by atoms with van der Waals surface area (Å²) in [5, 5.41) is 18.8. The molecule has 0 unspecified atom stereocenters. The van der Waals surface area contributed by atoms with Crippen LogP contribution >= 0.6 is 0 Å². The molecule has 1 amide bonds. The Bertz CT molecular complexity index is 480. The lowest BCUT2D eigenvalue weighted by atomic mass is 9.99. The SMILES string of the molecule is C/C=C/C(=O)N1CCc2cc(O)c(O)cc2C1. The van der Waals surface area contributed by atoms with Crippen LogP contribution in [0.4, 0.5) is 0 Å². The molecule has 0 aliphatic carbocycles. The molecule has 2 N–H and O–H groups in total. The number of hydrogen-bond donors (Lipinski definition) is 2. The second kappa shape index (κ2) is 4.49.